The summed E-state index contributed by atoms with van der Waals surface area (Å²) in [7, 11) is 0. The van der Waals surface area contributed by atoms with Crippen molar-refractivity contribution in [3.05, 3.63) is 58.8 Å². The molecule has 25 heavy (non-hydrogen) atoms. The Morgan fingerprint density at radius 3 is 2.68 bits per heavy atom. The van der Waals surface area contributed by atoms with Crippen LogP contribution in [-0.4, -0.2) is 21.4 Å². The lowest BCUT2D eigenvalue weighted by Gasteiger charge is -2.13. The summed E-state index contributed by atoms with van der Waals surface area (Å²) in [5.41, 5.74) is 0.843. The summed E-state index contributed by atoms with van der Waals surface area (Å²) in [6.45, 7) is 1.54. The average molecular weight is 422 g/mol. The van der Waals surface area contributed by atoms with Gasteiger partial charge in [0.1, 0.15) is 0 Å². The molecule has 1 aromatic heterocycles. The molecule has 8 heteroatoms. The Kier molecular flexibility index (Phi) is 5.40. The molecule has 1 heterocycles. The molecule has 0 fully saturated rings. The third-order valence-electron chi connectivity index (χ3n) is 3.27. The molecule has 1 unspecified atom stereocenters. The van der Waals surface area contributed by atoms with Crippen molar-refractivity contribution in [2.75, 3.05) is 5.32 Å². The summed E-state index contributed by atoms with van der Waals surface area (Å²) >= 11 is 4.44. The van der Waals surface area contributed by atoms with Crippen molar-refractivity contribution in [1.29, 1.82) is 0 Å². The third kappa shape index (κ3) is 4.40. The third-order valence-corrected chi connectivity index (χ3v) is 4.43. The second-order valence-corrected chi connectivity index (χ2v) is 6.78. The average Bonchev–Trinajstić information content (AvgIpc) is 3.06. The molecule has 1 amide bonds. The number of rotatable bonds is 5. The zero-order chi connectivity index (χ0) is 17.8. The summed E-state index contributed by atoms with van der Waals surface area (Å²) in [5, 5.41) is 2.99. The van der Waals surface area contributed by atoms with Crippen molar-refractivity contribution in [1.82, 2.24) is 9.36 Å². The minimum Gasteiger partial charge on any atom is -0.478 e. The normalized spacial score (nSPS) is 11.8. The molecular weight excluding hydrogens is 409 g/mol. The van der Waals surface area contributed by atoms with E-state index in [1.54, 1.807) is 19.1 Å². The van der Waals surface area contributed by atoms with Gasteiger partial charge in [0.05, 0.1) is 0 Å². The minimum atomic E-state index is -0.878. The molecule has 0 saturated heterocycles. The molecule has 0 spiro atoms. The van der Waals surface area contributed by atoms with E-state index in [2.05, 4.69) is 30.6 Å². The van der Waals surface area contributed by atoms with E-state index in [9.17, 15) is 9.18 Å². The predicted molar refractivity (Wildman–Crippen MR) is 98.2 cm³/mol. The van der Waals surface area contributed by atoms with Crippen molar-refractivity contribution in [2.45, 2.75) is 13.0 Å². The van der Waals surface area contributed by atoms with Crippen LogP contribution in [-0.2, 0) is 4.79 Å². The van der Waals surface area contributed by atoms with Gasteiger partial charge in [-0.1, -0.05) is 40.2 Å². The van der Waals surface area contributed by atoms with Crippen LogP contribution in [0.5, 0.6) is 5.75 Å². The van der Waals surface area contributed by atoms with Crippen LogP contribution in [0.3, 0.4) is 0 Å². The number of aromatic nitrogens is 2. The van der Waals surface area contributed by atoms with Crippen LogP contribution in [0.25, 0.3) is 11.4 Å². The number of amides is 1. The first-order valence-electron chi connectivity index (χ1n) is 7.34. The first kappa shape index (κ1) is 17.5. The Balaban J connectivity index is 1.65. The zero-order valence-corrected chi connectivity index (χ0v) is 15.5. The van der Waals surface area contributed by atoms with Crippen molar-refractivity contribution >= 4 is 38.5 Å². The number of nitrogens with one attached hydrogen (secondary N) is 1. The fraction of sp³-hybridized carbons (Fsp3) is 0.118. The van der Waals surface area contributed by atoms with Gasteiger partial charge in [-0.05, 0) is 31.2 Å². The van der Waals surface area contributed by atoms with Crippen LogP contribution >= 0.6 is 27.5 Å². The summed E-state index contributed by atoms with van der Waals surface area (Å²) in [4.78, 5) is 16.5. The highest BCUT2D eigenvalue weighted by Gasteiger charge is 2.18. The molecule has 3 aromatic rings. The Bertz CT molecular complexity index is 886. The lowest BCUT2D eigenvalue weighted by atomic mass is 10.2. The minimum absolute atomic E-state index is 0.0259. The zero-order valence-electron chi connectivity index (χ0n) is 13.1. The highest BCUT2D eigenvalue weighted by atomic mass is 79.9. The summed E-state index contributed by atoms with van der Waals surface area (Å²) in [5.74, 6) is -0.397. The first-order valence-corrected chi connectivity index (χ1v) is 8.91. The van der Waals surface area contributed by atoms with Crippen LogP contribution in [0.4, 0.5) is 9.52 Å². The number of anilines is 1. The fourth-order valence-corrected chi connectivity index (χ4v) is 2.84. The van der Waals surface area contributed by atoms with Crippen molar-refractivity contribution in [2.24, 2.45) is 0 Å². The molecule has 5 nitrogen and oxygen atoms in total. The van der Waals surface area contributed by atoms with E-state index in [4.69, 9.17) is 4.74 Å². The number of carbonyl (C=O) groups excluding carboxylic acids is 1. The Labute approximate surface area is 156 Å². The van der Waals surface area contributed by atoms with E-state index in [0.717, 1.165) is 21.6 Å². The smallest absolute Gasteiger partial charge is 0.266 e. The summed E-state index contributed by atoms with van der Waals surface area (Å²) < 4.78 is 24.1. The SMILES string of the molecule is CC(Oc1ccccc1F)C(=O)Nc1nc(-c2ccc(Br)cc2)ns1. The molecule has 0 saturated carbocycles. The van der Waals surface area contributed by atoms with Gasteiger partial charge in [-0.2, -0.15) is 9.36 Å². The molecule has 0 aliphatic carbocycles. The van der Waals surface area contributed by atoms with Gasteiger partial charge in [0, 0.05) is 21.6 Å². The Morgan fingerprint density at radius 1 is 1.24 bits per heavy atom. The van der Waals surface area contributed by atoms with Crippen LogP contribution in [0.1, 0.15) is 6.92 Å². The van der Waals surface area contributed by atoms with Gasteiger partial charge >= 0.3 is 0 Å². The second-order valence-electron chi connectivity index (χ2n) is 5.11. The van der Waals surface area contributed by atoms with Gasteiger partial charge in [0.2, 0.25) is 5.13 Å². The monoisotopic (exact) mass is 421 g/mol. The molecule has 0 aliphatic rings. The standard InChI is InChI=1S/C17H13BrFN3O2S/c1-10(24-14-5-3-2-4-13(14)19)16(23)21-17-20-15(22-25-17)11-6-8-12(18)9-7-11/h2-10H,1H3,(H,20,21,22,23). The molecule has 3 rings (SSSR count). The van der Waals surface area contributed by atoms with E-state index in [1.165, 1.54) is 12.1 Å². The van der Waals surface area contributed by atoms with Crippen LogP contribution in [0.15, 0.2) is 53.0 Å². The number of benzene rings is 2. The maximum absolute atomic E-state index is 13.6. The van der Waals surface area contributed by atoms with Gasteiger partial charge in [-0.25, -0.2) is 4.39 Å². The molecule has 0 bridgehead atoms. The molecule has 2 aromatic carbocycles. The number of halogens is 2. The van der Waals surface area contributed by atoms with E-state index in [-0.39, 0.29) is 5.75 Å². The molecule has 0 aliphatic heterocycles. The maximum atomic E-state index is 13.6. The number of ether oxygens (including phenoxy) is 1. The van der Waals surface area contributed by atoms with Crippen molar-refractivity contribution in [3.8, 4) is 17.1 Å². The van der Waals surface area contributed by atoms with Gasteiger partial charge < -0.3 is 4.74 Å². The maximum Gasteiger partial charge on any atom is 0.266 e. The number of hydrogen-bond donors (Lipinski definition) is 1. The topological polar surface area (TPSA) is 64.1 Å². The fourth-order valence-electron chi connectivity index (χ4n) is 1.98. The van der Waals surface area contributed by atoms with E-state index >= 15 is 0 Å². The first-order chi connectivity index (χ1) is 12.0. The van der Waals surface area contributed by atoms with Crippen LogP contribution in [0.2, 0.25) is 0 Å². The van der Waals surface area contributed by atoms with Gasteiger partial charge in [0.15, 0.2) is 23.5 Å². The molecular formula is C17H13BrFN3O2S. The molecule has 0 radical (unpaired) electrons. The quantitative estimate of drug-likeness (QED) is 0.657. The Hall–Kier alpha value is -2.32. The van der Waals surface area contributed by atoms with Crippen molar-refractivity contribution in [3.63, 3.8) is 0 Å². The molecule has 1 atom stereocenters. The van der Waals surface area contributed by atoms with Gasteiger partial charge in [-0.3, -0.25) is 10.1 Å². The number of carbonyl (C=O) groups is 1. The number of hydrogen-bond acceptors (Lipinski definition) is 5. The van der Waals surface area contributed by atoms with Crippen LogP contribution in [0, 0.1) is 5.82 Å². The number of nitrogens with zero attached hydrogens (tertiary/aromatic N) is 2. The second kappa shape index (κ2) is 7.71. The van der Waals surface area contributed by atoms with E-state index < -0.39 is 17.8 Å². The van der Waals surface area contributed by atoms with Crippen molar-refractivity contribution < 1.29 is 13.9 Å². The predicted octanol–water partition coefficient (Wildman–Crippen LogP) is 4.51. The Morgan fingerprint density at radius 2 is 1.96 bits per heavy atom. The van der Waals surface area contributed by atoms with E-state index in [0.29, 0.717) is 11.0 Å². The highest BCUT2D eigenvalue weighted by molar-refractivity contribution is 9.10. The lowest BCUT2D eigenvalue weighted by molar-refractivity contribution is -0.122. The molecule has 1 N–H and O–H groups in total. The highest BCUT2D eigenvalue weighted by Crippen LogP contribution is 2.23. The van der Waals surface area contributed by atoms with Gasteiger partial charge in [-0.15, -0.1) is 0 Å². The summed E-state index contributed by atoms with van der Waals surface area (Å²) in [6, 6.07) is 13.5. The largest absolute Gasteiger partial charge is 0.478 e. The van der Waals surface area contributed by atoms with Crippen LogP contribution < -0.4 is 10.1 Å². The molecule has 128 valence electrons. The summed E-state index contributed by atoms with van der Waals surface area (Å²) in [6.07, 6.45) is -0.878. The lowest BCUT2D eigenvalue weighted by Crippen LogP contribution is -2.30. The number of para-hydroxylation sites is 1. The van der Waals surface area contributed by atoms with E-state index in [1.807, 2.05) is 24.3 Å². The van der Waals surface area contributed by atoms with Gasteiger partial charge in [0.25, 0.3) is 5.91 Å².